The molecular formula is C39H36N4O6S. The van der Waals surface area contributed by atoms with Crippen molar-refractivity contribution in [3.63, 3.8) is 0 Å². The van der Waals surface area contributed by atoms with Crippen molar-refractivity contribution in [2.45, 2.75) is 40.2 Å². The highest BCUT2D eigenvalue weighted by molar-refractivity contribution is 7.07. The number of rotatable bonds is 11. The Hall–Kier alpha value is -5.81. The van der Waals surface area contributed by atoms with Crippen molar-refractivity contribution in [2.75, 3.05) is 13.2 Å². The van der Waals surface area contributed by atoms with Crippen molar-refractivity contribution >= 4 is 29.4 Å². The maximum Gasteiger partial charge on any atom is 0.338 e. The van der Waals surface area contributed by atoms with Crippen molar-refractivity contribution in [3.8, 4) is 28.4 Å². The van der Waals surface area contributed by atoms with Gasteiger partial charge >= 0.3 is 11.9 Å². The number of aromatic nitrogens is 3. The molecule has 0 N–H and O–H groups in total. The van der Waals surface area contributed by atoms with Gasteiger partial charge in [0.1, 0.15) is 23.8 Å². The van der Waals surface area contributed by atoms with Crippen LogP contribution in [0.4, 0.5) is 0 Å². The molecule has 10 nitrogen and oxygen atoms in total. The zero-order valence-electron chi connectivity index (χ0n) is 28.2. The fraction of sp³-hybridized carbons (Fsp3) is 0.205. The number of carbonyl (C=O) groups excluding carboxylic acids is 2. The summed E-state index contributed by atoms with van der Waals surface area (Å²) < 4.78 is 20.3. The fourth-order valence-electron chi connectivity index (χ4n) is 5.74. The van der Waals surface area contributed by atoms with E-state index in [2.05, 4.69) is 13.5 Å². The average Bonchev–Trinajstić information content (AvgIpc) is 3.66. The standard InChI is InChI=1S/C39H36N4O6S/c1-6-19-47-32-18-15-28(21-24(32)3)35-29(23-42(41-35)30-11-9-8-10-12-30)22-33-37(45)43-36(27-13-16-31(17-14-27)49-26(5)44)34(38(46)48-20-7-2)25(4)40-39(43)50-33/h7-18,21-23,36H,2,6,19-20H2,1,3-5H3/b33-22-. The first-order valence-corrected chi connectivity index (χ1v) is 17.0. The Kier molecular flexibility index (Phi) is 10.1. The number of hydrogen-bond acceptors (Lipinski definition) is 9. The molecule has 1 atom stereocenters. The SMILES string of the molecule is C=CCOC(=O)C1=C(C)N=c2s/c(=C\c3cn(-c4ccccc4)nc3-c3ccc(OCCC)c(C)c3)c(=O)n2C1c1ccc(OC(C)=O)cc1. The summed E-state index contributed by atoms with van der Waals surface area (Å²) in [6, 6.07) is 21.5. The predicted octanol–water partition coefficient (Wildman–Crippen LogP) is 5.84. The van der Waals surface area contributed by atoms with Crippen LogP contribution in [0, 0.1) is 6.92 Å². The van der Waals surface area contributed by atoms with Gasteiger partial charge in [-0.05, 0) is 79.9 Å². The zero-order valence-corrected chi connectivity index (χ0v) is 29.0. The third-order valence-corrected chi connectivity index (χ3v) is 8.97. The minimum atomic E-state index is -0.845. The van der Waals surface area contributed by atoms with Gasteiger partial charge in [0, 0.05) is 24.2 Å². The van der Waals surface area contributed by atoms with Gasteiger partial charge in [-0.2, -0.15) is 5.10 Å². The molecule has 3 aromatic carbocycles. The van der Waals surface area contributed by atoms with Crippen LogP contribution in [0.15, 0.2) is 113 Å². The topological polar surface area (TPSA) is 114 Å². The largest absolute Gasteiger partial charge is 0.493 e. The molecule has 0 saturated carbocycles. The lowest BCUT2D eigenvalue weighted by atomic mass is 9.96. The Bertz CT molecular complexity index is 2300. The summed E-state index contributed by atoms with van der Waals surface area (Å²) in [5, 5.41) is 4.96. The molecule has 5 aromatic rings. The quantitative estimate of drug-likeness (QED) is 0.0974. The van der Waals surface area contributed by atoms with Crippen molar-refractivity contribution in [1.29, 1.82) is 0 Å². The van der Waals surface area contributed by atoms with Crippen LogP contribution in [0.25, 0.3) is 23.0 Å². The molecule has 254 valence electrons. The van der Waals surface area contributed by atoms with E-state index in [1.165, 1.54) is 28.9 Å². The van der Waals surface area contributed by atoms with E-state index < -0.39 is 18.0 Å². The Balaban J connectivity index is 1.51. The van der Waals surface area contributed by atoms with E-state index in [-0.39, 0.29) is 17.7 Å². The van der Waals surface area contributed by atoms with E-state index in [1.54, 1.807) is 35.9 Å². The third kappa shape index (κ3) is 6.99. The maximum absolute atomic E-state index is 14.4. The number of fused-ring (bicyclic) bond motifs is 1. The first kappa shape index (κ1) is 34.1. The number of nitrogens with zero attached hydrogens (tertiary/aromatic N) is 4. The number of ether oxygens (including phenoxy) is 3. The van der Waals surface area contributed by atoms with Crippen molar-refractivity contribution in [1.82, 2.24) is 14.3 Å². The van der Waals surface area contributed by atoms with Gasteiger partial charge in [-0.15, -0.1) is 0 Å². The van der Waals surface area contributed by atoms with Gasteiger partial charge in [-0.3, -0.25) is 14.2 Å². The summed E-state index contributed by atoms with van der Waals surface area (Å²) in [5.41, 5.74) is 5.06. The molecule has 1 unspecified atom stereocenters. The Morgan fingerprint density at radius 3 is 2.48 bits per heavy atom. The van der Waals surface area contributed by atoms with E-state index in [0.29, 0.717) is 38.6 Å². The minimum absolute atomic E-state index is 0.00247. The zero-order chi connectivity index (χ0) is 35.4. The van der Waals surface area contributed by atoms with Crippen LogP contribution in [-0.4, -0.2) is 39.5 Å². The Morgan fingerprint density at radius 1 is 1.04 bits per heavy atom. The molecule has 0 saturated heterocycles. The fourth-order valence-corrected chi connectivity index (χ4v) is 6.77. The molecule has 0 aliphatic carbocycles. The van der Waals surface area contributed by atoms with Crippen LogP contribution < -0.4 is 24.4 Å². The summed E-state index contributed by atoms with van der Waals surface area (Å²) in [7, 11) is 0. The molecule has 0 fully saturated rings. The van der Waals surface area contributed by atoms with Crippen LogP contribution >= 0.6 is 11.3 Å². The van der Waals surface area contributed by atoms with E-state index in [1.807, 2.05) is 67.7 Å². The first-order valence-electron chi connectivity index (χ1n) is 16.2. The molecule has 6 rings (SSSR count). The molecule has 0 bridgehead atoms. The predicted molar refractivity (Wildman–Crippen MR) is 192 cm³/mol. The van der Waals surface area contributed by atoms with Crippen LogP contribution in [0.1, 0.15) is 49.9 Å². The van der Waals surface area contributed by atoms with E-state index in [0.717, 1.165) is 34.5 Å². The monoisotopic (exact) mass is 688 g/mol. The molecule has 0 spiro atoms. The lowest BCUT2D eigenvalue weighted by molar-refractivity contribution is -0.138. The van der Waals surface area contributed by atoms with E-state index >= 15 is 0 Å². The van der Waals surface area contributed by atoms with Crippen LogP contribution in [0.3, 0.4) is 0 Å². The van der Waals surface area contributed by atoms with Gasteiger partial charge in [-0.1, -0.05) is 61.2 Å². The molecule has 11 heteroatoms. The molecule has 3 heterocycles. The number of thiazole rings is 1. The normalized spacial score (nSPS) is 14.2. The number of allylic oxidation sites excluding steroid dienone is 1. The molecular weight excluding hydrogens is 653 g/mol. The lowest BCUT2D eigenvalue weighted by Gasteiger charge is -2.24. The molecule has 1 aliphatic heterocycles. The van der Waals surface area contributed by atoms with Gasteiger partial charge in [0.2, 0.25) is 0 Å². The van der Waals surface area contributed by atoms with E-state index in [4.69, 9.17) is 24.3 Å². The summed E-state index contributed by atoms with van der Waals surface area (Å²) in [6.45, 7) is 11.4. The van der Waals surface area contributed by atoms with Crippen LogP contribution in [0.2, 0.25) is 0 Å². The van der Waals surface area contributed by atoms with Gasteiger partial charge in [0.25, 0.3) is 5.56 Å². The second-order valence-corrected chi connectivity index (χ2v) is 12.7. The molecule has 0 radical (unpaired) electrons. The Morgan fingerprint density at radius 2 is 1.80 bits per heavy atom. The lowest BCUT2D eigenvalue weighted by Crippen LogP contribution is -2.39. The van der Waals surface area contributed by atoms with Gasteiger partial charge in [-0.25, -0.2) is 14.5 Å². The summed E-state index contributed by atoms with van der Waals surface area (Å²) >= 11 is 1.23. The van der Waals surface area contributed by atoms with Gasteiger partial charge < -0.3 is 14.2 Å². The molecule has 2 aromatic heterocycles. The highest BCUT2D eigenvalue weighted by Crippen LogP contribution is 2.32. The molecule has 0 amide bonds. The second kappa shape index (κ2) is 14.8. The molecule has 1 aliphatic rings. The second-order valence-electron chi connectivity index (χ2n) is 11.7. The van der Waals surface area contributed by atoms with Gasteiger partial charge in [0.05, 0.1) is 34.1 Å². The third-order valence-electron chi connectivity index (χ3n) is 7.99. The minimum Gasteiger partial charge on any atom is -0.493 e. The number of aryl methyl sites for hydroxylation is 1. The number of carbonyl (C=O) groups is 2. The first-order chi connectivity index (χ1) is 24.2. The molecule has 50 heavy (non-hydrogen) atoms. The number of para-hydroxylation sites is 1. The van der Waals surface area contributed by atoms with Crippen LogP contribution in [0.5, 0.6) is 11.5 Å². The summed E-state index contributed by atoms with van der Waals surface area (Å²) in [5.74, 6) is 0.0867. The Labute approximate surface area is 292 Å². The summed E-state index contributed by atoms with van der Waals surface area (Å²) in [4.78, 5) is 44.5. The van der Waals surface area contributed by atoms with Crippen molar-refractivity contribution in [3.05, 3.63) is 139 Å². The smallest absolute Gasteiger partial charge is 0.338 e. The average molecular weight is 689 g/mol. The number of benzene rings is 3. The highest BCUT2D eigenvalue weighted by Gasteiger charge is 2.33. The number of hydrogen-bond donors (Lipinski definition) is 0. The number of esters is 2. The summed E-state index contributed by atoms with van der Waals surface area (Å²) in [6.07, 6.45) is 6.10. The van der Waals surface area contributed by atoms with E-state index in [9.17, 15) is 14.4 Å². The van der Waals surface area contributed by atoms with Crippen molar-refractivity contribution in [2.24, 2.45) is 4.99 Å². The highest BCUT2D eigenvalue weighted by atomic mass is 32.1. The van der Waals surface area contributed by atoms with Gasteiger partial charge in [0.15, 0.2) is 4.80 Å². The maximum atomic E-state index is 14.4. The van der Waals surface area contributed by atoms with Crippen molar-refractivity contribution < 1.29 is 23.8 Å². The van der Waals surface area contributed by atoms with Crippen LogP contribution in [-0.2, 0) is 14.3 Å².